The average molecular weight is 380 g/mol. The molecule has 0 unspecified atom stereocenters. The number of methoxy groups -OCH3 is 1. The highest BCUT2D eigenvalue weighted by Gasteiger charge is 2.42. The first-order chi connectivity index (χ1) is 12.0. The molecule has 0 aliphatic heterocycles. The Bertz CT molecular complexity index is 786. The number of para-hydroxylation sites is 2. The molecule has 1 aromatic heterocycles. The molecule has 0 bridgehead atoms. The van der Waals surface area contributed by atoms with Gasteiger partial charge < -0.3 is 10.5 Å². The number of aromatic nitrogens is 2. The highest BCUT2D eigenvalue weighted by Crippen LogP contribution is 2.33. The van der Waals surface area contributed by atoms with E-state index in [9.17, 15) is 26.3 Å². The molecule has 12 heteroatoms. The molecule has 0 aliphatic carbocycles. The van der Waals surface area contributed by atoms with Crippen LogP contribution in [-0.4, -0.2) is 23.0 Å². The van der Waals surface area contributed by atoms with E-state index in [-0.39, 0.29) is 6.07 Å². The van der Waals surface area contributed by atoms with Gasteiger partial charge in [0.25, 0.3) is 5.96 Å². The second kappa shape index (κ2) is 7.06. The van der Waals surface area contributed by atoms with Crippen LogP contribution in [-0.2, 0) is 12.4 Å². The lowest BCUT2D eigenvalue weighted by Crippen LogP contribution is -2.72. The Morgan fingerprint density at radius 3 is 2.08 bits per heavy atom. The molecule has 2 aromatic rings. The van der Waals surface area contributed by atoms with Gasteiger partial charge in [-0.25, -0.2) is 4.99 Å². The second-order valence-corrected chi connectivity index (χ2v) is 4.82. The van der Waals surface area contributed by atoms with Crippen LogP contribution < -0.4 is 20.8 Å². The molecule has 0 amide bonds. The number of benzene rings is 1. The number of alkyl halides is 6. The van der Waals surface area contributed by atoms with Gasteiger partial charge in [0, 0.05) is 6.07 Å². The number of nitrogens with zero attached hydrogens (tertiary/aromatic N) is 2. The largest absolute Gasteiger partial charge is 0.494 e. The van der Waals surface area contributed by atoms with Gasteiger partial charge in [-0.2, -0.15) is 26.3 Å². The molecule has 140 valence electrons. The Morgan fingerprint density at radius 2 is 1.58 bits per heavy atom. The molecule has 1 heterocycles. The lowest BCUT2D eigenvalue weighted by atomic mass is 10.3. The maximum absolute atomic E-state index is 12.8. The fourth-order valence-electron chi connectivity index (χ4n) is 1.84. The maximum atomic E-state index is 12.8. The summed E-state index contributed by atoms with van der Waals surface area (Å²) in [5, 5.41) is 2.54. The molecule has 0 saturated carbocycles. The summed E-state index contributed by atoms with van der Waals surface area (Å²) in [4.78, 5) is 8.12. The summed E-state index contributed by atoms with van der Waals surface area (Å²) < 4.78 is 81.6. The first-order valence-corrected chi connectivity index (χ1v) is 6.83. The van der Waals surface area contributed by atoms with Crippen LogP contribution in [0.2, 0.25) is 0 Å². The zero-order valence-corrected chi connectivity index (χ0v) is 13.0. The predicted molar refractivity (Wildman–Crippen MR) is 78.5 cm³/mol. The third kappa shape index (κ3) is 4.74. The highest BCUT2D eigenvalue weighted by molar-refractivity contribution is 5.89. The standard InChI is InChI=1S/C14H11F6N5O/c1-26-8-5-3-2-4-7(8)22-11(21)25-12-23-9(13(15,16)17)6-10(24-12)14(18,19)20/h2-6H,1H3,(H3,21,22,23,24,25)/p+1. The topological polar surface area (TPSA) is 87.0 Å². The van der Waals surface area contributed by atoms with Crippen LogP contribution in [0.4, 0.5) is 38.0 Å². The molecule has 0 radical (unpaired) electrons. The highest BCUT2D eigenvalue weighted by atomic mass is 19.4. The molecule has 26 heavy (non-hydrogen) atoms. The van der Waals surface area contributed by atoms with Crippen LogP contribution in [0.5, 0.6) is 5.75 Å². The van der Waals surface area contributed by atoms with Gasteiger partial charge in [-0.05, 0) is 12.1 Å². The molecule has 6 nitrogen and oxygen atoms in total. The van der Waals surface area contributed by atoms with E-state index < -0.39 is 35.6 Å². The van der Waals surface area contributed by atoms with E-state index in [1.807, 2.05) is 0 Å². The van der Waals surface area contributed by atoms with Crippen LogP contribution in [0.15, 0.2) is 30.3 Å². The summed E-state index contributed by atoms with van der Waals surface area (Å²) >= 11 is 0. The quantitative estimate of drug-likeness (QED) is 0.428. The monoisotopic (exact) mass is 380 g/mol. The zero-order chi connectivity index (χ0) is 19.5. The van der Waals surface area contributed by atoms with Gasteiger partial charge in [0.15, 0.2) is 17.1 Å². The zero-order valence-electron chi connectivity index (χ0n) is 13.0. The fourth-order valence-corrected chi connectivity index (χ4v) is 1.84. The fraction of sp³-hybridized carbons (Fsp3) is 0.214. The van der Waals surface area contributed by atoms with Crippen molar-refractivity contribution in [3.63, 3.8) is 0 Å². The molecule has 4 N–H and O–H groups in total. The van der Waals surface area contributed by atoms with Gasteiger partial charge in [0.1, 0.15) is 5.69 Å². The van der Waals surface area contributed by atoms with Crippen molar-refractivity contribution in [1.29, 1.82) is 0 Å². The number of anilines is 1. The molecule has 1 aromatic carbocycles. The minimum absolute atomic E-state index is 0.185. The van der Waals surface area contributed by atoms with Gasteiger partial charge in [-0.3, -0.25) is 5.32 Å². The van der Waals surface area contributed by atoms with Crippen molar-refractivity contribution in [1.82, 2.24) is 9.97 Å². The Hall–Kier alpha value is -3.05. The first kappa shape index (κ1) is 19.3. The van der Waals surface area contributed by atoms with Gasteiger partial charge >= 0.3 is 18.3 Å². The molecule has 0 spiro atoms. The van der Waals surface area contributed by atoms with Crippen LogP contribution in [0.3, 0.4) is 0 Å². The first-order valence-electron chi connectivity index (χ1n) is 6.83. The number of nitrogens with one attached hydrogen (secondary N) is 2. The van der Waals surface area contributed by atoms with Crippen molar-refractivity contribution in [2.45, 2.75) is 12.4 Å². The van der Waals surface area contributed by atoms with Gasteiger partial charge in [-0.1, -0.05) is 12.1 Å². The van der Waals surface area contributed by atoms with Crippen LogP contribution >= 0.6 is 0 Å². The van der Waals surface area contributed by atoms with Crippen molar-refractivity contribution in [3.05, 3.63) is 41.7 Å². The number of hydrogen-bond acceptors (Lipinski definition) is 3. The number of rotatable bonds is 3. The molecule has 0 saturated heterocycles. The number of ether oxygens (including phenoxy) is 1. The number of guanidine groups is 1. The minimum Gasteiger partial charge on any atom is -0.494 e. The van der Waals surface area contributed by atoms with Crippen LogP contribution in [0, 0.1) is 0 Å². The third-order valence-corrected chi connectivity index (χ3v) is 2.93. The Morgan fingerprint density at radius 1 is 1.04 bits per heavy atom. The van der Waals surface area contributed by atoms with Gasteiger partial charge in [0.05, 0.1) is 7.11 Å². The summed E-state index contributed by atoms with van der Waals surface area (Å²) in [5.74, 6) is -1.02. The smallest absolute Gasteiger partial charge is 0.443 e. The Balaban J connectivity index is 2.42. The van der Waals surface area contributed by atoms with Crippen molar-refractivity contribution < 1.29 is 36.1 Å². The summed E-state index contributed by atoms with van der Waals surface area (Å²) in [7, 11) is 1.37. The SMILES string of the molecule is COc1ccccc1NC(N)=[NH+]c1nc(C(F)(F)F)cc(C(F)(F)F)n1. The maximum Gasteiger partial charge on any atom is 0.443 e. The predicted octanol–water partition coefficient (Wildman–Crippen LogP) is 1.66. The molecule has 2 rings (SSSR count). The lowest BCUT2D eigenvalue weighted by Gasteiger charge is -2.09. The van der Waals surface area contributed by atoms with Crippen LogP contribution in [0.25, 0.3) is 0 Å². The number of nitrogens with two attached hydrogens (primary N) is 1. The molecule has 0 fully saturated rings. The molecule has 0 atom stereocenters. The second-order valence-electron chi connectivity index (χ2n) is 4.82. The van der Waals surface area contributed by atoms with E-state index in [0.29, 0.717) is 11.4 Å². The summed E-state index contributed by atoms with van der Waals surface area (Å²) in [6.07, 6.45) is -10.2. The van der Waals surface area contributed by atoms with E-state index >= 15 is 0 Å². The van der Waals surface area contributed by atoms with Crippen molar-refractivity contribution in [2.24, 2.45) is 5.73 Å². The number of hydrogen-bond donors (Lipinski definition) is 3. The Kier molecular flexibility index (Phi) is 5.23. The molecule has 0 aliphatic rings. The minimum atomic E-state index is -5.09. The van der Waals surface area contributed by atoms with Crippen molar-refractivity contribution in [3.8, 4) is 5.75 Å². The third-order valence-electron chi connectivity index (χ3n) is 2.93. The van der Waals surface area contributed by atoms with E-state index in [1.165, 1.54) is 13.2 Å². The van der Waals surface area contributed by atoms with E-state index in [1.54, 1.807) is 18.2 Å². The van der Waals surface area contributed by atoms with Crippen molar-refractivity contribution >= 4 is 17.6 Å². The lowest BCUT2D eigenvalue weighted by molar-refractivity contribution is -0.366. The summed E-state index contributed by atoms with van der Waals surface area (Å²) in [5.41, 5.74) is 2.38. The normalized spacial score (nSPS) is 12.8. The van der Waals surface area contributed by atoms with E-state index in [0.717, 1.165) is 0 Å². The van der Waals surface area contributed by atoms with Gasteiger partial charge in [0.2, 0.25) is 0 Å². The van der Waals surface area contributed by atoms with Gasteiger partial charge in [-0.15, -0.1) is 9.97 Å². The Labute approximate surface area is 142 Å². The summed E-state index contributed by atoms with van der Waals surface area (Å²) in [6, 6.07) is 6.18. The number of halogens is 6. The van der Waals surface area contributed by atoms with Crippen molar-refractivity contribution in [2.75, 3.05) is 12.4 Å². The van der Waals surface area contributed by atoms with E-state index in [4.69, 9.17) is 10.5 Å². The van der Waals surface area contributed by atoms with E-state index in [2.05, 4.69) is 20.3 Å². The average Bonchev–Trinajstić information content (AvgIpc) is 2.53. The molecular formula is C14H12F6N5O+. The van der Waals surface area contributed by atoms with Crippen LogP contribution in [0.1, 0.15) is 11.4 Å². The molecular weight excluding hydrogens is 368 g/mol. The summed E-state index contributed by atoms with van der Waals surface area (Å²) in [6.45, 7) is 0.